The predicted octanol–water partition coefficient (Wildman–Crippen LogP) is 1.38. The molecule has 0 saturated heterocycles. The van der Waals surface area contributed by atoms with Gasteiger partial charge in [0.25, 0.3) is 0 Å². The molecule has 2 unspecified atom stereocenters. The van der Waals surface area contributed by atoms with Crippen LogP contribution >= 0.6 is 0 Å². The lowest BCUT2D eigenvalue weighted by Gasteiger charge is -2.40. The third-order valence-electron chi connectivity index (χ3n) is 6.88. The highest BCUT2D eigenvalue weighted by molar-refractivity contribution is 5.76. The third-order valence-corrected chi connectivity index (χ3v) is 6.88. The van der Waals surface area contributed by atoms with Crippen LogP contribution in [0.25, 0.3) is 0 Å². The molecule has 0 spiro atoms. The summed E-state index contributed by atoms with van der Waals surface area (Å²) in [6.45, 7) is -0.505. The number of rotatable bonds is 20. The number of amides is 3. The fourth-order valence-electron chi connectivity index (χ4n) is 4.27. The molecule has 0 aliphatic rings. The first-order valence-corrected chi connectivity index (χ1v) is 13.7. The third kappa shape index (κ3) is 10.5. The molecule has 6 N–H and O–H groups in total. The van der Waals surface area contributed by atoms with Crippen molar-refractivity contribution in [3.8, 4) is 0 Å². The summed E-state index contributed by atoms with van der Waals surface area (Å²) in [7, 11) is 0. The van der Waals surface area contributed by atoms with Crippen LogP contribution in [0.3, 0.4) is 0 Å². The summed E-state index contributed by atoms with van der Waals surface area (Å²) >= 11 is 0. The lowest BCUT2D eigenvalue weighted by Crippen LogP contribution is -2.52. The smallest absolute Gasteiger partial charge is 0.222 e. The fourth-order valence-corrected chi connectivity index (χ4v) is 4.27. The molecule has 2 atom stereocenters. The standard InChI is InChI=1S/C29H39N3O10/c33-19-29(20-39-15-11-28(38)32-18-23-6-3-14-42-23,24(34)7-9-26(36)30-16-21-4-1-12-40-21)25(35)8-10-27(37)31-17-22-5-2-13-41-22/h1-6,12-14,24-25,33-35H,7-11,15-20H2,(H,30,36)(H,31,37)(H,32,38). The first kappa shape index (κ1) is 32.6. The molecule has 3 amide bonds. The monoisotopic (exact) mass is 589 g/mol. The Morgan fingerprint density at radius 2 is 1.12 bits per heavy atom. The Kier molecular flexibility index (Phi) is 13.3. The topological polar surface area (TPSA) is 197 Å². The molecule has 0 fully saturated rings. The van der Waals surface area contributed by atoms with Gasteiger partial charge in [-0.2, -0.15) is 0 Å². The zero-order valence-corrected chi connectivity index (χ0v) is 23.3. The van der Waals surface area contributed by atoms with Crippen molar-refractivity contribution < 1.29 is 47.7 Å². The van der Waals surface area contributed by atoms with Crippen molar-refractivity contribution in [2.75, 3.05) is 19.8 Å². The summed E-state index contributed by atoms with van der Waals surface area (Å²) < 4.78 is 21.2. The second-order valence-electron chi connectivity index (χ2n) is 9.87. The van der Waals surface area contributed by atoms with Gasteiger partial charge in [-0.3, -0.25) is 14.4 Å². The van der Waals surface area contributed by atoms with Crippen LogP contribution in [0.1, 0.15) is 49.4 Å². The minimum Gasteiger partial charge on any atom is -0.467 e. The molecule has 0 aromatic carbocycles. The van der Waals surface area contributed by atoms with Crippen molar-refractivity contribution in [2.24, 2.45) is 5.41 Å². The maximum Gasteiger partial charge on any atom is 0.222 e. The summed E-state index contributed by atoms with van der Waals surface area (Å²) in [6, 6.07) is 10.2. The van der Waals surface area contributed by atoms with E-state index in [4.69, 9.17) is 18.0 Å². The lowest BCUT2D eigenvalue weighted by atomic mass is 9.74. The van der Waals surface area contributed by atoms with Gasteiger partial charge in [-0.15, -0.1) is 0 Å². The first-order valence-electron chi connectivity index (χ1n) is 13.7. The molecule has 3 aromatic heterocycles. The molecular formula is C29H39N3O10. The van der Waals surface area contributed by atoms with Crippen molar-refractivity contribution in [2.45, 2.75) is 63.9 Å². The average Bonchev–Trinajstić information content (AvgIpc) is 3.80. The molecule has 0 aliphatic carbocycles. The zero-order chi connectivity index (χ0) is 30.2. The Labute approximate surface area is 243 Å². The van der Waals surface area contributed by atoms with Crippen molar-refractivity contribution in [1.29, 1.82) is 0 Å². The minimum absolute atomic E-state index is 0.0151. The molecule has 0 bridgehead atoms. The van der Waals surface area contributed by atoms with Gasteiger partial charge in [-0.1, -0.05) is 0 Å². The molecular weight excluding hydrogens is 550 g/mol. The van der Waals surface area contributed by atoms with E-state index in [2.05, 4.69) is 16.0 Å². The number of furan rings is 3. The van der Waals surface area contributed by atoms with Gasteiger partial charge >= 0.3 is 0 Å². The lowest BCUT2D eigenvalue weighted by molar-refractivity contribution is -0.148. The number of hydrogen-bond acceptors (Lipinski definition) is 10. The SMILES string of the molecule is O=C(CCOCC(CO)(C(O)CCC(=O)NCc1ccco1)C(O)CCC(=O)NCc1ccco1)NCc1ccco1. The first-order chi connectivity index (χ1) is 20.3. The van der Waals surface area contributed by atoms with E-state index in [0.717, 1.165) is 0 Å². The quantitative estimate of drug-likeness (QED) is 0.105. The van der Waals surface area contributed by atoms with Crippen molar-refractivity contribution in [3.05, 3.63) is 72.5 Å². The van der Waals surface area contributed by atoms with Crippen LogP contribution < -0.4 is 16.0 Å². The fraction of sp³-hybridized carbons (Fsp3) is 0.483. The van der Waals surface area contributed by atoms with E-state index >= 15 is 0 Å². The number of carbonyl (C=O) groups is 3. The van der Waals surface area contributed by atoms with E-state index in [1.54, 1.807) is 36.4 Å². The van der Waals surface area contributed by atoms with E-state index in [0.29, 0.717) is 17.3 Å². The molecule has 0 radical (unpaired) electrons. The molecule has 3 heterocycles. The van der Waals surface area contributed by atoms with Crippen LogP contribution in [0.15, 0.2) is 68.4 Å². The summed E-state index contributed by atoms with van der Waals surface area (Å²) in [6.07, 6.45) is 1.32. The van der Waals surface area contributed by atoms with Crippen molar-refractivity contribution in [1.82, 2.24) is 16.0 Å². The summed E-state index contributed by atoms with van der Waals surface area (Å²) in [5.41, 5.74) is -1.62. The number of aliphatic hydroxyl groups is 3. The van der Waals surface area contributed by atoms with Crippen molar-refractivity contribution >= 4 is 17.7 Å². The number of aliphatic hydroxyl groups excluding tert-OH is 3. The van der Waals surface area contributed by atoms with Crippen LogP contribution in [-0.4, -0.2) is 65.1 Å². The molecule has 13 nitrogen and oxygen atoms in total. The van der Waals surface area contributed by atoms with Crippen LogP contribution in [0, 0.1) is 5.41 Å². The summed E-state index contributed by atoms with van der Waals surface area (Å²) in [5, 5.41) is 40.7. The summed E-state index contributed by atoms with van der Waals surface area (Å²) in [5.74, 6) is 0.697. The van der Waals surface area contributed by atoms with Gasteiger partial charge in [-0.05, 0) is 49.2 Å². The molecule has 0 saturated carbocycles. The Morgan fingerprint density at radius 1 is 0.714 bits per heavy atom. The number of ether oxygens (including phenoxy) is 1. The van der Waals surface area contributed by atoms with Crippen LogP contribution in [0.2, 0.25) is 0 Å². The van der Waals surface area contributed by atoms with Gasteiger partial charge in [0, 0.05) is 19.3 Å². The second kappa shape index (κ2) is 17.1. The summed E-state index contributed by atoms with van der Waals surface area (Å²) in [4.78, 5) is 36.9. The Bertz CT molecular complexity index is 1120. The van der Waals surface area contributed by atoms with E-state index in [1.807, 2.05) is 0 Å². The van der Waals surface area contributed by atoms with Gasteiger partial charge < -0.3 is 49.3 Å². The second-order valence-corrected chi connectivity index (χ2v) is 9.87. The van der Waals surface area contributed by atoms with Gasteiger partial charge in [0.2, 0.25) is 17.7 Å². The zero-order valence-electron chi connectivity index (χ0n) is 23.3. The van der Waals surface area contributed by atoms with E-state index < -0.39 is 24.2 Å². The number of hydrogen-bond donors (Lipinski definition) is 6. The van der Waals surface area contributed by atoms with Crippen molar-refractivity contribution in [3.63, 3.8) is 0 Å². The van der Waals surface area contributed by atoms with Gasteiger partial charge in [0.1, 0.15) is 17.3 Å². The molecule has 0 aliphatic heterocycles. The maximum absolute atomic E-state index is 12.4. The van der Waals surface area contributed by atoms with Crippen LogP contribution in [0.5, 0.6) is 0 Å². The Morgan fingerprint density at radius 3 is 1.48 bits per heavy atom. The van der Waals surface area contributed by atoms with Gasteiger partial charge in [-0.25, -0.2) is 0 Å². The van der Waals surface area contributed by atoms with Gasteiger partial charge in [0.15, 0.2) is 0 Å². The highest BCUT2D eigenvalue weighted by atomic mass is 16.5. The predicted molar refractivity (Wildman–Crippen MR) is 147 cm³/mol. The molecule has 3 rings (SSSR count). The van der Waals surface area contributed by atoms with E-state index in [1.165, 1.54) is 18.8 Å². The molecule has 3 aromatic rings. The van der Waals surface area contributed by atoms with E-state index in [-0.39, 0.29) is 82.7 Å². The van der Waals surface area contributed by atoms with Crippen LogP contribution in [-0.2, 0) is 38.8 Å². The molecule has 13 heteroatoms. The Hall–Kier alpha value is -3.91. The van der Waals surface area contributed by atoms with Gasteiger partial charge in [0.05, 0.1) is 75.9 Å². The number of nitrogens with one attached hydrogen (secondary N) is 3. The molecule has 42 heavy (non-hydrogen) atoms. The average molecular weight is 590 g/mol. The highest BCUT2D eigenvalue weighted by Gasteiger charge is 2.44. The highest BCUT2D eigenvalue weighted by Crippen LogP contribution is 2.32. The minimum atomic E-state index is -1.62. The van der Waals surface area contributed by atoms with Crippen LogP contribution in [0.4, 0.5) is 0 Å². The number of carbonyl (C=O) groups excluding carboxylic acids is 3. The normalized spacial score (nSPS) is 14.1. The maximum atomic E-state index is 12.4. The Balaban J connectivity index is 1.53. The molecule has 230 valence electrons. The largest absolute Gasteiger partial charge is 0.467 e. The van der Waals surface area contributed by atoms with E-state index in [9.17, 15) is 29.7 Å².